The first-order chi connectivity index (χ1) is 7.94. The smallest absolute Gasteiger partial charge is 0.147 e. The Bertz CT molecular complexity index is 319. The van der Waals surface area contributed by atoms with Crippen LogP contribution in [0.4, 0.5) is 0 Å². The van der Waals surface area contributed by atoms with Gasteiger partial charge in [0.25, 0.3) is 0 Å². The summed E-state index contributed by atoms with van der Waals surface area (Å²) < 4.78 is 22.5. The summed E-state index contributed by atoms with van der Waals surface area (Å²) in [6, 6.07) is 0.322. The molecule has 1 fully saturated rings. The summed E-state index contributed by atoms with van der Waals surface area (Å²) >= 11 is 4.00. The van der Waals surface area contributed by atoms with Crippen LogP contribution >= 0.6 is 23.5 Å². The van der Waals surface area contributed by atoms with Crippen LogP contribution in [0.2, 0.25) is 0 Å². The molecule has 102 valence electrons. The molecule has 1 rings (SSSR count). The van der Waals surface area contributed by atoms with Crippen molar-refractivity contribution < 1.29 is 8.42 Å². The van der Waals surface area contributed by atoms with Gasteiger partial charge in [-0.15, -0.1) is 0 Å². The molecular weight excluding hydrogens is 274 g/mol. The van der Waals surface area contributed by atoms with E-state index in [9.17, 15) is 8.42 Å². The Morgan fingerprint density at radius 2 is 2.00 bits per heavy atom. The quantitative estimate of drug-likeness (QED) is 0.807. The molecule has 3 atom stereocenters. The van der Waals surface area contributed by atoms with Gasteiger partial charge in [0.1, 0.15) is 9.84 Å². The summed E-state index contributed by atoms with van der Waals surface area (Å²) in [7, 11) is -2.85. The second kappa shape index (κ2) is 7.26. The first kappa shape index (κ1) is 15.7. The largest absolute Gasteiger partial charge is 0.313 e. The molecule has 0 aromatic carbocycles. The molecule has 0 aromatic rings. The number of hydrogen-bond acceptors (Lipinski definition) is 5. The second-order valence-electron chi connectivity index (χ2n) is 4.49. The molecule has 0 aliphatic carbocycles. The standard InChI is InChI=1S/C11H23NO2S3/c1-4-12-10(5-8-17(3,13)14)11-9(2)15-6-7-16-11/h9-12H,4-8H2,1-3H3. The van der Waals surface area contributed by atoms with Crippen molar-refractivity contribution in [2.45, 2.75) is 36.8 Å². The summed E-state index contributed by atoms with van der Waals surface area (Å²) in [4.78, 5) is 0. The highest BCUT2D eigenvalue weighted by molar-refractivity contribution is 8.07. The van der Waals surface area contributed by atoms with Crippen LogP contribution in [0.25, 0.3) is 0 Å². The predicted molar refractivity (Wildman–Crippen MR) is 80.0 cm³/mol. The van der Waals surface area contributed by atoms with Crippen molar-refractivity contribution in [1.29, 1.82) is 0 Å². The van der Waals surface area contributed by atoms with E-state index in [0.717, 1.165) is 13.0 Å². The molecule has 0 spiro atoms. The van der Waals surface area contributed by atoms with Crippen LogP contribution in [-0.2, 0) is 9.84 Å². The van der Waals surface area contributed by atoms with E-state index in [2.05, 4.69) is 19.2 Å². The molecule has 6 heteroatoms. The molecule has 0 aromatic heterocycles. The van der Waals surface area contributed by atoms with Crippen LogP contribution < -0.4 is 5.32 Å². The van der Waals surface area contributed by atoms with Crippen molar-refractivity contribution in [1.82, 2.24) is 5.32 Å². The van der Waals surface area contributed by atoms with Crippen LogP contribution in [-0.4, -0.2) is 55.0 Å². The lowest BCUT2D eigenvalue weighted by Crippen LogP contribution is -2.45. The average Bonchev–Trinajstić information content (AvgIpc) is 2.24. The lowest BCUT2D eigenvalue weighted by molar-refractivity contribution is 0.488. The normalized spacial score (nSPS) is 27.9. The van der Waals surface area contributed by atoms with Crippen LogP contribution in [0.5, 0.6) is 0 Å². The zero-order chi connectivity index (χ0) is 12.9. The summed E-state index contributed by atoms with van der Waals surface area (Å²) in [5.41, 5.74) is 0. The highest BCUT2D eigenvalue weighted by Crippen LogP contribution is 2.33. The molecule has 0 bridgehead atoms. The van der Waals surface area contributed by atoms with Gasteiger partial charge >= 0.3 is 0 Å². The third-order valence-electron chi connectivity index (χ3n) is 2.90. The van der Waals surface area contributed by atoms with Crippen molar-refractivity contribution >= 4 is 33.4 Å². The molecule has 1 saturated heterocycles. The monoisotopic (exact) mass is 297 g/mol. The van der Waals surface area contributed by atoms with E-state index in [1.807, 2.05) is 23.5 Å². The first-order valence-electron chi connectivity index (χ1n) is 6.08. The highest BCUT2D eigenvalue weighted by atomic mass is 32.2. The average molecular weight is 298 g/mol. The van der Waals surface area contributed by atoms with E-state index < -0.39 is 9.84 Å². The fourth-order valence-corrected chi connectivity index (χ4v) is 5.76. The summed E-state index contributed by atoms with van der Waals surface area (Å²) in [5, 5.41) is 4.60. The van der Waals surface area contributed by atoms with E-state index in [0.29, 0.717) is 22.3 Å². The molecule has 0 amide bonds. The predicted octanol–water partition coefficient (Wildman–Crippen LogP) is 1.64. The maximum absolute atomic E-state index is 11.3. The Morgan fingerprint density at radius 1 is 1.35 bits per heavy atom. The number of rotatable bonds is 6. The fourth-order valence-electron chi connectivity index (χ4n) is 2.08. The molecular formula is C11H23NO2S3. The lowest BCUT2D eigenvalue weighted by Gasteiger charge is -2.34. The van der Waals surface area contributed by atoms with Crippen molar-refractivity contribution in [3.05, 3.63) is 0 Å². The summed E-state index contributed by atoms with van der Waals surface area (Å²) in [5.74, 6) is 2.69. The van der Waals surface area contributed by atoms with Gasteiger partial charge in [-0.2, -0.15) is 23.5 Å². The Morgan fingerprint density at radius 3 is 2.53 bits per heavy atom. The Hall–Kier alpha value is 0.610. The third-order valence-corrected chi connectivity index (χ3v) is 7.13. The Balaban J connectivity index is 2.57. The van der Waals surface area contributed by atoms with E-state index in [1.54, 1.807) is 0 Å². The maximum atomic E-state index is 11.3. The number of thioether (sulfide) groups is 2. The summed E-state index contributed by atoms with van der Waals surface area (Å²) in [6.45, 7) is 5.24. The molecule has 3 nitrogen and oxygen atoms in total. The van der Waals surface area contributed by atoms with Gasteiger partial charge in [-0.3, -0.25) is 0 Å². The minimum absolute atomic E-state index is 0.291. The van der Waals surface area contributed by atoms with Gasteiger partial charge in [-0.25, -0.2) is 8.42 Å². The second-order valence-corrected chi connectivity index (χ2v) is 9.52. The van der Waals surface area contributed by atoms with Crippen LogP contribution in [0.1, 0.15) is 20.3 Å². The molecule has 1 N–H and O–H groups in total. The fraction of sp³-hybridized carbons (Fsp3) is 1.00. The number of nitrogens with one attached hydrogen (secondary N) is 1. The van der Waals surface area contributed by atoms with Crippen LogP contribution in [0.3, 0.4) is 0 Å². The molecule has 1 aliphatic rings. The van der Waals surface area contributed by atoms with Gasteiger partial charge < -0.3 is 5.32 Å². The summed E-state index contributed by atoms with van der Waals surface area (Å²) in [6.07, 6.45) is 2.05. The van der Waals surface area contributed by atoms with Gasteiger partial charge in [0.05, 0.1) is 5.75 Å². The third kappa shape index (κ3) is 5.85. The topological polar surface area (TPSA) is 46.2 Å². The zero-order valence-corrected chi connectivity index (χ0v) is 13.3. The van der Waals surface area contributed by atoms with E-state index in [-0.39, 0.29) is 0 Å². The van der Waals surface area contributed by atoms with Gasteiger partial charge in [-0.05, 0) is 13.0 Å². The molecule has 1 aliphatic heterocycles. The van der Waals surface area contributed by atoms with Crippen molar-refractivity contribution in [3.8, 4) is 0 Å². The van der Waals surface area contributed by atoms with Crippen LogP contribution in [0.15, 0.2) is 0 Å². The SMILES string of the molecule is CCNC(CCS(C)(=O)=O)C1SCCSC1C. The zero-order valence-electron chi connectivity index (χ0n) is 10.8. The minimum atomic E-state index is -2.85. The molecule has 0 saturated carbocycles. The molecule has 17 heavy (non-hydrogen) atoms. The Kier molecular flexibility index (Phi) is 6.69. The van der Waals surface area contributed by atoms with Gasteiger partial charge in [0.15, 0.2) is 0 Å². The highest BCUT2D eigenvalue weighted by Gasteiger charge is 2.30. The molecule has 3 unspecified atom stereocenters. The first-order valence-corrected chi connectivity index (χ1v) is 10.2. The van der Waals surface area contributed by atoms with E-state index >= 15 is 0 Å². The van der Waals surface area contributed by atoms with Crippen molar-refractivity contribution in [2.24, 2.45) is 0 Å². The van der Waals surface area contributed by atoms with Crippen LogP contribution in [0, 0.1) is 0 Å². The number of sulfone groups is 1. The minimum Gasteiger partial charge on any atom is -0.313 e. The van der Waals surface area contributed by atoms with Gasteiger partial charge in [0, 0.05) is 34.3 Å². The van der Waals surface area contributed by atoms with E-state index in [4.69, 9.17) is 0 Å². The van der Waals surface area contributed by atoms with Crippen molar-refractivity contribution in [3.63, 3.8) is 0 Å². The van der Waals surface area contributed by atoms with Crippen molar-refractivity contribution in [2.75, 3.05) is 30.1 Å². The lowest BCUT2D eigenvalue weighted by atomic mass is 10.1. The molecule has 1 heterocycles. The van der Waals surface area contributed by atoms with E-state index in [1.165, 1.54) is 17.8 Å². The Labute approximate surface area is 114 Å². The number of hydrogen-bond donors (Lipinski definition) is 1. The van der Waals surface area contributed by atoms with Gasteiger partial charge in [0.2, 0.25) is 0 Å². The van der Waals surface area contributed by atoms with Gasteiger partial charge in [-0.1, -0.05) is 13.8 Å². The molecule has 0 radical (unpaired) electrons. The maximum Gasteiger partial charge on any atom is 0.147 e.